The molecule has 1 saturated carbocycles. The molecule has 0 spiro atoms. The normalized spacial score (nSPS) is 14.0. The van der Waals surface area contributed by atoms with Crippen LogP contribution in [0.5, 0.6) is 0 Å². The number of hydrogen-bond donors (Lipinski definition) is 2. The van der Waals surface area contributed by atoms with Crippen LogP contribution in [0, 0.1) is 0 Å². The van der Waals surface area contributed by atoms with E-state index in [0.29, 0.717) is 29.9 Å². The van der Waals surface area contributed by atoms with E-state index in [0.717, 1.165) is 10.9 Å². The molecule has 32 heavy (non-hydrogen) atoms. The number of thiazole rings is 1. The van der Waals surface area contributed by atoms with Gasteiger partial charge in [0.15, 0.2) is 5.82 Å². The number of sulfonamides is 1. The second-order valence-electron chi connectivity index (χ2n) is 7.48. The van der Waals surface area contributed by atoms with E-state index in [1.807, 2.05) is 17.5 Å². The number of hydrogen-bond acceptors (Lipinski definition) is 6. The van der Waals surface area contributed by atoms with E-state index in [-0.39, 0.29) is 22.4 Å². The number of anilines is 1. The molecule has 0 atom stereocenters. The third-order valence-electron chi connectivity index (χ3n) is 5.21. The molecule has 2 heterocycles. The molecule has 1 amide bonds. The molecule has 2 aromatic carbocycles. The van der Waals surface area contributed by atoms with Gasteiger partial charge in [0.1, 0.15) is 0 Å². The Morgan fingerprint density at radius 3 is 2.84 bits per heavy atom. The minimum Gasteiger partial charge on any atom is -0.321 e. The number of aromatic nitrogens is 3. The van der Waals surface area contributed by atoms with Crippen molar-refractivity contribution in [1.29, 1.82) is 0 Å². The van der Waals surface area contributed by atoms with Crippen LogP contribution in [-0.2, 0) is 16.6 Å². The van der Waals surface area contributed by atoms with Crippen molar-refractivity contribution in [3.05, 3.63) is 69.6 Å². The van der Waals surface area contributed by atoms with Crippen LogP contribution in [0.25, 0.3) is 16.7 Å². The summed E-state index contributed by atoms with van der Waals surface area (Å²) in [5, 5.41) is 9.92. The molecule has 1 fully saturated rings. The number of carbonyl (C=O) groups excluding carboxylic acids is 1. The maximum Gasteiger partial charge on any atom is 0.257 e. The van der Waals surface area contributed by atoms with Crippen molar-refractivity contribution < 1.29 is 13.2 Å². The fourth-order valence-electron chi connectivity index (χ4n) is 3.38. The molecule has 164 valence electrons. The lowest BCUT2D eigenvalue weighted by molar-refractivity contribution is 0.102. The Balaban J connectivity index is 1.38. The molecular weight excluding hydrogens is 470 g/mol. The molecule has 11 heteroatoms. The predicted octanol–water partition coefficient (Wildman–Crippen LogP) is 3.97. The Bertz CT molecular complexity index is 1410. The molecule has 2 aromatic heterocycles. The molecule has 4 aromatic rings. The topological polar surface area (TPSA) is 106 Å². The van der Waals surface area contributed by atoms with Gasteiger partial charge in [-0.1, -0.05) is 23.7 Å². The van der Waals surface area contributed by atoms with Crippen LogP contribution in [-0.4, -0.2) is 34.3 Å². The van der Waals surface area contributed by atoms with Crippen molar-refractivity contribution in [3.8, 4) is 5.82 Å². The van der Waals surface area contributed by atoms with E-state index in [4.69, 9.17) is 11.6 Å². The number of halogens is 1. The first-order chi connectivity index (χ1) is 15.4. The smallest absolute Gasteiger partial charge is 0.257 e. The third-order valence-corrected chi connectivity index (χ3v) is 8.01. The van der Waals surface area contributed by atoms with Gasteiger partial charge in [-0.3, -0.25) is 4.79 Å². The quantitative estimate of drug-likeness (QED) is 0.410. The van der Waals surface area contributed by atoms with Gasteiger partial charge in [-0.2, -0.15) is 5.10 Å². The van der Waals surface area contributed by atoms with Crippen LogP contribution in [0.2, 0.25) is 5.02 Å². The van der Waals surface area contributed by atoms with Crippen LogP contribution < -0.4 is 10.0 Å². The molecule has 5 rings (SSSR count). The number of fused-ring (bicyclic) bond motifs is 1. The van der Waals surface area contributed by atoms with E-state index in [1.54, 1.807) is 40.7 Å². The van der Waals surface area contributed by atoms with Crippen molar-refractivity contribution >= 4 is 55.5 Å². The number of nitrogens with zero attached hydrogens (tertiary/aromatic N) is 3. The summed E-state index contributed by atoms with van der Waals surface area (Å²) in [5.41, 5.74) is 4.04. The maximum atomic E-state index is 13.0. The van der Waals surface area contributed by atoms with Crippen LogP contribution in [0.1, 0.15) is 28.8 Å². The van der Waals surface area contributed by atoms with E-state index in [9.17, 15) is 13.2 Å². The summed E-state index contributed by atoms with van der Waals surface area (Å²) in [6.45, 7) is 0.103. The number of carbonyl (C=O) groups is 1. The first kappa shape index (κ1) is 21.1. The van der Waals surface area contributed by atoms with E-state index >= 15 is 0 Å². The zero-order valence-corrected chi connectivity index (χ0v) is 19.0. The van der Waals surface area contributed by atoms with E-state index in [2.05, 4.69) is 20.1 Å². The van der Waals surface area contributed by atoms with E-state index in [1.165, 1.54) is 11.3 Å². The standard InChI is InChI=1S/C21H18ClN5O3S2/c22-17-7-4-13(9-25-32(29,30)14-5-6-14)8-15(17)21(28)26-18-2-1-3-19-16(18)10-24-27(19)20-11-31-12-23-20/h1-4,7-8,10-12,14,25H,5-6,9H2,(H,26,28). The largest absolute Gasteiger partial charge is 0.321 e. The molecule has 0 saturated heterocycles. The van der Waals surface area contributed by atoms with Gasteiger partial charge in [0, 0.05) is 17.3 Å². The summed E-state index contributed by atoms with van der Waals surface area (Å²) in [6, 6.07) is 10.4. The minimum absolute atomic E-state index is 0.103. The minimum atomic E-state index is -3.31. The molecule has 1 aliphatic carbocycles. The fourth-order valence-corrected chi connectivity index (χ4v) is 5.46. The van der Waals surface area contributed by atoms with Gasteiger partial charge in [-0.05, 0) is 42.7 Å². The zero-order chi connectivity index (χ0) is 22.3. The first-order valence-corrected chi connectivity index (χ1v) is 12.7. The van der Waals surface area contributed by atoms with Crippen molar-refractivity contribution in [2.45, 2.75) is 24.6 Å². The Morgan fingerprint density at radius 1 is 1.25 bits per heavy atom. The molecular formula is C21H18ClN5O3S2. The monoisotopic (exact) mass is 487 g/mol. The molecule has 1 aliphatic rings. The van der Waals surface area contributed by atoms with Crippen molar-refractivity contribution in [2.24, 2.45) is 0 Å². The average Bonchev–Trinajstić information content (AvgIpc) is 3.34. The maximum absolute atomic E-state index is 13.0. The Hall–Kier alpha value is -2.79. The summed E-state index contributed by atoms with van der Waals surface area (Å²) in [7, 11) is -3.31. The lowest BCUT2D eigenvalue weighted by atomic mass is 10.1. The molecule has 0 unspecified atom stereocenters. The second kappa shape index (κ2) is 8.28. The molecule has 0 aliphatic heterocycles. The van der Waals surface area contributed by atoms with Gasteiger partial charge < -0.3 is 5.32 Å². The molecule has 8 nitrogen and oxygen atoms in total. The lowest BCUT2D eigenvalue weighted by Gasteiger charge is -2.11. The van der Waals surface area contributed by atoms with Gasteiger partial charge in [0.05, 0.1) is 38.7 Å². The van der Waals surface area contributed by atoms with Crippen LogP contribution in [0.3, 0.4) is 0 Å². The van der Waals surface area contributed by atoms with Gasteiger partial charge >= 0.3 is 0 Å². The first-order valence-electron chi connectivity index (χ1n) is 9.86. The average molecular weight is 488 g/mol. The summed E-state index contributed by atoms with van der Waals surface area (Å²) < 4.78 is 28.5. The molecule has 0 radical (unpaired) electrons. The van der Waals surface area contributed by atoms with Crippen LogP contribution in [0.15, 0.2) is 53.5 Å². The third kappa shape index (κ3) is 4.14. The second-order valence-corrected chi connectivity index (χ2v) is 10.6. The van der Waals surface area contributed by atoms with E-state index < -0.39 is 15.9 Å². The van der Waals surface area contributed by atoms with Gasteiger partial charge in [0.2, 0.25) is 10.0 Å². The zero-order valence-electron chi connectivity index (χ0n) is 16.7. The predicted molar refractivity (Wildman–Crippen MR) is 125 cm³/mol. The number of rotatable bonds is 7. The summed E-state index contributed by atoms with van der Waals surface area (Å²) in [4.78, 5) is 17.3. The number of nitrogens with one attached hydrogen (secondary N) is 2. The van der Waals surface area contributed by atoms with Gasteiger partial charge in [-0.15, -0.1) is 11.3 Å². The van der Waals surface area contributed by atoms with Gasteiger partial charge in [-0.25, -0.2) is 22.8 Å². The summed E-state index contributed by atoms with van der Waals surface area (Å²) in [5.74, 6) is 0.314. The highest BCUT2D eigenvalue weighted by atomic mass is 35.5. The summed E-state index contributed by atoms with van der Waals surface area (Å²) in [6.07, 6.45) is 3.05. The van der Waals surface area contributed by atoms with Crippen LogP contribution >= 0.6 is 22.9 Å². The highest BCUT2D eigenvalue weighted by Gasteiger charge is 2.35. The van der Waals surface area contributed by atoms with Crippen molar-refractivity contribution in [2.75, 3.05) is 5.32 Å². The Labute approximate surface area is 193 Å². The fraction of sp³-hybridized carbons (Fsp3) is 0.190. The lowest BCUT2D eigenvalue weighted by Crippen LogP contribution is -2.26. The number of amides is 1. The molecule has 0 bridgehead atoms. The Kier molecular flexibility index (Phi) is 5.46. The SMILES string of the molecule is O=C(Nc1cccc2c1cnn2-c1cscn1)c1cc(CNS(=O)(=O)C2CC2)ccc1Cl. The molecule has 2 N–H and O–H groups in total. The van der Waals surface area contributed by atoms with Crippen molar-refractivity contribution in [3.63, 3.8) is 0 Å². The highest BCUT2D eigenvalue weighted by molar-refractivity contribution is 7.90. The van der Waals surface area contributed by atoms with Crippen LogP contribution in [0.4, 0.5) is 5.69 Å². The van der Waals surface area contributed by atoms with Crippen molar-refractivity contribution in [1.82, 2.24) is 19.5 Å². The Morgan fingerprint density at radius 2 is 2.09 bits per heavy atom. The number of benzene rings is 2. The summed E-state index contributed by atoms with van der Waals surface area (Å²) >= 11 is 7.75. The highest BCUT2D eigenvalue weighted by Crippen LogP contribution is 2.29. The van der Waals surface area contributed by atoms with Gasteiger partial charge in [0.25, 0.3) is 5.91 Å².